The number of amides is 2. The van der Waals surface area contributed by atoms with Crippen LogP contribution < -0.4 is 5.32 Å². The molecule has 0 bridgehead atoms. The van der Waals surface area contributed by atoms with Crippen molar-refractivity contribution in [2.75, 3.05) is 18.4 Å². The maximum absolute atomic E-state index is 13.5. The summed E-state index contributed by atoms with van der Waals surface area (Å²) in [6.45, 7) is 1.26. The van der Waals surface area contributed by atoms with Crippen LogP contribution in [0, 0.1) is 5.92 Å². The van der Waals surface area contributed by atoms with Crippen LogP contribution in [0.5, 0.6) is 0 Å². The maximum Gasteiger partial charge on any atom is 0.233 e. The third kappa shape index (κ3) is 3.80. The van der Waals surface area contributed by atoms with E-state index in [1.54, 1.807) is 6.20 Å². The summed E-state index contributed by atoms with van der Waals surface area (Å²) in [5.41, 5.74) is 0.642. The smallest absolute Gasteiger partial charge is 0.233 e. The average Bonchev–Trinajstić information content (AvgIpc) is 3.41. The number of hydrogen-bond acceptors (Lipinski definition) is 4. The van der Waals surface area contributed by atoms with Crippen molar-refractivity contribution in [2.45, 2.75) is 43.9 Å². The zero-order valence-electron chi connectivity index (χ0n) is 15.7. The van der Waals surface area contributed by atoms with Crippen molar-refractivity contribution in [1.82, 2.24) is 9.88 Å². The average molecular weight is 418 g/mol. The van der Waals surface area contributed by atoms with E-state index in [1.807, 2.05) is 34.5 Å². The molecule has 4 rings (SSSR count). The van der Waals surface area contributed by atoms with Crippen LogP contribution in [0.3, 0.4) is 0 Å². The first-order chi connectivity index (χ1) is 13.6. The summed E-state index contributed by atoms with van der Waals surface area (Å²) < 4.78 is 0. The van der Waals surface area contributed by atoms with E-state index in [0.29, 0.717) is 36.1 Å². The number of nitrogens with one attached hydrogen (secondary N) is 1. The predicted octanol–water partition coefficient (Wildman–Crippen LogP) is 4.49. The lowest BCUT2D eigenvalue weighted by Gasteiger charge is -2.38. The van der Waals surface area contributed by atoms with E-state index in [9.17, 15) is 9.59 Å². The molecule has 0 unspecified atom stereocenters. The minimum absolute atomic E-state index is 0.00956. The Morgan fingerprint density at radius 1 is 1.14 bits per heavy atom. The van der Waals surface area contributed by atoms with Gasteiger partial charge in [0.1, 0.15) is 0 Å². The predicted molar refractivity (Wildman–Crippen MR) is 112 cm³/mol. The van der Waals surface area contributed by atoms with Crippen LogP contribution in [0.15, 0.2) is 35.8 Å². The number of halogens is 1. The highest BCUT2D eigenvalue weighted by atomic mass is 35.5. The third-order valence-corrected chi connectivity index (χ3v) is 7.02. The molecule has 1 aromatic heterocycles. The molecule has 5 nitrogen and oxygen atoms in total. The molecule has 2 amide bonds. The summed E-state index contributed by atoms with van der Waals surface area (Å²) in [4.78, 5) is 32.1. The number of carbonyl (C=O) groups excluding carboxylic acids is 2. The van der Waals surface area contributed by atoms with Crippen molar-refractivity contribution in [3.05, 3.63) is 46.4 Å². The number of aromatic nitrogens is 1. The lowest BCUT2D eigenvalue weighted by molar-refractivity contribution is -0.140. The van der Waals surface area contributed by atoms with Crippen LogP contribution in [0.4, 0.5) is 5.13 Å². The van der Waals surface area contributed by atoms with E-state index in [4.69, 9.17) is 11.6 Å². The Bertz CT molecular complexity index is 824. The molecule has 1 aromatic carbocycles. The molecular weight excluding hydrogens is 394 g/mol. The largest absolute Gasteiger partial charge is 0.342 e. The van der Waals surface area contributed by atoms with Crippen molar-refractivity contribution in [3.8, 4) is 0 Å². The number of thiazole rings is 1. The number of hydrogen-bond donors (Lipinski definition) is 1. The Hall–Kier alpha value is -1.92. The van der Waals surface area contributed by atoms with Crippen molar-refractivity contribution in [2.24, 2.45) is 5.92 Å². The lowest BCUT2D eigenvalue weighted by atomic mass is 9.77. The second-order valence-corrected chi connectivity index (χ2v) is 9.02. The fourth-order valence-electron chi connectivity index (χ4n) is 4.51. The second kappa shape index (κ2) is 8.21. The van der Waals surface area contributed by atoms with Gasteiger partial charge in [0.25, 0.3) is 0 Å². The Labute approximate surface area is 174 Å². The summed E-state index contributed by atoms with van der Waals surface area (Å²) in [6, 6.07) is 7.75. The van der Waals surface area contributed by atoms with Gasteiger partial charge in [-0.2, -0.15) is 0 Å². The molecule has 7 heteroatoms. The highest BCUT2D eigenvalue weighted by Crippen LogP contribution is 2.43. The van der Waals surface area contributed by atoms with Gasteiger partial charge >= 0.3 is 0 Å². The van der Waals surface area contributed by atoms with Gasteiger partial charge in [-0.15, -0.1) is 11.3 Å². The van der Waals surface area contributed by atoms with Gasteiger partial charge in [0, 0.05) is 35.6 Å². The van der Waals surface area contributed by atoms with E-state index in [0.717, 1.165) is 31.2 Å². The van der Waals surface area contributed by atoms with Crippen molar-refractivity contribution in [3.63, 3.8) is 0 Å². The van der Waals surface area contributed by atoms with Crippen molar-refractivity contribution >= 4 is 39.9 Å². The Balaban J connectivity index is 1.42. The first-order valence-electron chi connectivity index (χ1n) is 9.84. The zero-order valence-corrected chi connectivity index (χ0v) is 17.3. The fraction of sp³-hybridized carbons (Fsp3) is 0.476. The number of piperidine rings is 1. The number of nitrogens with zero attached hydrogens (tertiary/aromatic N) is 2. The molecule has 1 aliphatic heterocycles. The molecule has 2 aromatic rings. The summed E-state index contributed by atoms with van der Waals surface area (Å²) in [5, 5.41) is 6.05. The van der Waals surface area contributed by atoms with Gasteiger partial charge in [-0.1, -0.05) is 36.6 Å². The molecule has 0 radical (unpaired) electrons. The van der Waals surface area contributed by atoms with Crippen molar-refractivity contribution < 1.29 is 9.59 Å². The van der Waals surface area contributed by atoms with Crippen LogP contribution in [0.2, 0.25) is 5.02 Å². The van der Waals surface area contributed by atoms with Crippen LogP contribution in [0.1, 0.15) is 44.1 Å². The first kappa shape index (κ1) is 19.4. The molecule has 148 valence electrons. The summed E-state index contributed by atoms with van der Waals surface area (Å²) in [7, 11) is 0. The third-order valence-electron chi connectivity index (χ3n) is 6.08. The maximum atomic E-state index is 13.5. The van der Waals surface area contributed by atoms with E-state index < -0.39 is 5.41 Å². The SMILES string of the molecule is O=C(Nc1nccs1)C1CCN(C(=O)C2(c3ccc(Cl)cc3)CCCC2)CC1. The second-order valence-electron chi connectivity index (χ2n) is 7.69. The van der Waals surface area contributed by atoms with E-state index in [1.165, 1.54) is 11.3 Å². The Morgan fingerprint density at radius 2 is 1.82 bits per heavy atom. The number of likely N-dealkylation sites (tertiary alicyclic amines) is 1. The van der Waals surface area contributed by atoms with Gasteiger partial charge in [-0.05, 0) is 43.4 Å². The number of anilines is 1. The zero-order chi connectivity index (χ0) is 19.6. The van der Waals surface area contributed by atoms with Crippen LogP contribution in [-0.2, 0) is 15.0 Å². The molecule has 1 saturated heterocycles. The molecule has 1 aliphatic carbocycles. The molecule has 2 heterocycles. The monoisotopic (exact) mass is 417 g/mol. The van der Waals surface area contributed by atoms with E-state index in [2.05, 4.69) is 10.3 Å². The topological polar surface area (TPSA) is 62.3 Å². The molecule has 0 atom stereocenters. The fourth-order valence-corrected chi connectivity index (χ4v) is 5.17. The summed E-state index contributed by atoms with van der Waals surface area (Å²) in [5.74, 6) is 0.157. The molecule has 2 fully saturated rings. The highest BCUT2D eigenvalue weighted by Gasteiger charge is 2.45. The normalized spacial score (nSPS) is 19.5. The molecule has 28 heavy (non-hydrogen) atoms. The van der Waals surface area contributed by atoms with Gasteiger partial charge in [-0.25, -0.2) is 4.98 Å². The van der Waals surface area contributed by atoms with Gasteiger partial charge in [-0.3, -0.25) is 9.59 Å². The van der Waals surface area contributed by atoms with Gasteiger partial charge in [0.15, 0.2) is 5.13 Å². The summed E-state index contributed by atoms with van der Waals surface area (Å²) >= 11 is 7.47. The van der Waals surface area contributed by atoms with Gasteiger partial charge in [0.2, 0.25) is 11.8 Å². The quantitative estimate of drug-likeness (QED) is 0.797. The van der Waals surface area contributed by atoms with E-state index in [-0.39, 0.29) is 17.7 Å². The molecule has 0 spiro atoms. The first-order valence-corrected chi connectivity index (χ1v) is 11.1. The Morgan fingerprint density at radius 3 is 2.43 bits per heavy atom. The minimum Gasteiger partial charge on any atom is -0.342 e. The summed E-state index contributed by atoms with van der Waals surface area (Å²) in [6.07, 6.45) is 6.98. The minimum atomic E-state index is -0.430. The van der Waals surface area contributed by atoms with Crippen LogP contribution >= 0.6 is 22.9 Å². The van der Waals surface area contributed by atoms with Gasteiger partial charge < -0.3 is 10.2 Å². The number of benzene rings is 1. The molecule has 2 aliphatic rings. The van der Waals surface area contributed by atoms with E-state index >= 15 is 0 Å². The Kier molecular flexibility index (Phi) is 5.69. The number of carbonyl (C=O) groups is 2. The van der Waals surface area contributed by atoms with Crippen molar-refractivity contribution in [1.29, 1.82) is 0 Å². The number of rotatable bonds is 4. The van der Waals surface area contributed by atoms with Crippen LogP contribution in [-0.4, -0.2) is 34.8 Å². The standard InChI is InChI=1S/C21H24ClN3O2S/c22-17-5-3-16(4-6-17)21(9-1-2-10-21)19(27)25-12-7-15(8-13-25)18(26)24-20-23-11-14-28-20/h3-6,11,14-15H,1-2,7-10,12-13H2,(H,23,24,26). The highest BCUT2D eigenvalue weighted by molar-refractivity contribution is 7.13. The molecule has 1 saturated carbocycles. The van der Waals surface area contributed by atoms with Crippen LogP contribution in [0.25, 0.3) is 0 Å². The lowest BCUT2D eigenvalue weighted by Crippen LogP contribution is -2.49. The molecular formula is C21H24ClN3O2S. The van der Waals surface area contributed by atoms with Gasteiger partial charge in [0.05, 0.1) is 5.41 Å². The molecule has 1 N–H and O–H groups in total.